The lowest BCUT2D eigenvalue weighted by Crippen LogP contribution is -2.42. The van der Waals surface area contributed by atoms with Gasteiger partial charge < -0.3 is 10.1 Å². The summed E-state index contributed by atoms with van der Waals surface area (Å²) in [7, 11) is 0. The molecule has 1 heterocycles. The van der Waals surface area contributed by atoms with Gasteiger partial charge in [0.25, 0.3) is 5.91 Å². The molecule has 0 unspecified atom stereocenters. The van der Waals surface area contributed by atoms with Crippen molar-refractivity contribution in [3.63, 3.8) is 0 Å². The molecule has 0 atom stereocenters. The highest BCUT2D eigenvalue weighted by Gasteiger charge is 2.08. The molecule has 0 bridgehead atoms. The fourth-order valence-corrected chi connectivity index (χ4v) is 2.31. The molecule has 0 saturated heterocycles. The molecule has 0 aliphatic heterocycles. The van der Waals surface area contributed by atoms with Crippen molar-refractivity contribution in [2.24, 2.45) is 0 Å². The number of nitrogens with zero attached hydrogens (tertiary/aromatic N) is 1. The fourth-order valence-electron chi connectivity index (χ4n) is 2.31. The Morgan fingerprint density at radius 1 is 1.09 bits per heavy atom. The van der Waals surface area contributed by atoms with Crippen molar-refractivity contribution in [2.75, 3.05) is 19.8 Å². The number of hydrogen-bond acceptors (Lipinski definition) is 2. The third-order valence-electron chi connectivity index (χ3n) is 3.53. The second kappa shape index (κ2) is 9.74. The van der Waals surface area contributed by atoms with E-state index in [1.807, 2.05) is 42.1 Å². The van der Waals surface area contributed by atoms with Gasteiger partial charge in [-0.2, -0.15) is 4.57 Å². The van der Waals surface area contributed by atoms with Gasteiger partial charge in [0.2, 0.25) is 6.54 Å². The van der Waals surface area contributed by atoms with Gasteiger partial charge in [-0.25, -0.2) is 0 Å². The molecular weight excluding hydrogens is 288 g/mol. The topological polar surface area (TPSA) is 42.2 Å². The first-order valence-electron chi connectivity index (χ1n) is 8.14. The largest absolute Gasteiger partial charge is 0.382 e. The molecule has 23 heavy (non-hydrogen) atoms. The second-order valence-corrected chi connectivity index (χ2v) is 5.44. The zero-order valence-electron chi connectivity index (χ0n) is 13.7. The summed E-state index contributed by atoms with van der Waals surface area (Å²) in [5.41, 5.74) is 2.53. The van der Waals surface area contributed by atoms with Crippen molar-refractivity contribution < 1.29 is 14.1 Å². The number of amides is 1. The molecule has 2 rings (SSSR count). The van der Waals surface area contributed by atoms with Gasteiger partial charge >= 0.3 is 0 Å². The summed E-state index contributed by atoms with van der Waals surface area (Å²) in [5, 5.41) is 2.90. The second-order valence-electron chi connectivity index (χ2n) is 5.44. The van der Waals surface area contributed by atoms with Crippen LogP contribution in [0.2, 0.25) is 0 Å². The van der Waals surface area contributed by atoms with Crippen LogP contribution < -0.4 is 9.88 Å². The van der Waals surface area contributed by atoms with E-state index in [9.17, 15) is 4.79 Å². The summed E-state index contributed by atoms with van der Waals surface area (Å²) in [6.07, 6.45) is 5.67. The number of aromatic nitrogens is 1. The minimum Gasteiger partial charge on any atom is -0.382 e. The van der Waals surface area contributed by atoms with Gasteiger partial charge in [0.05, 0.1) is 0 Å². The van der Waals surface area contributed by atoms with E-state index in [0.29, 0.717) is 19.7 Å². The third-order valence-corrected chi connectivity index (χ3v) is 3.53. The van der Waals surface area contributed by atoms with Gasteiger partial charge in [0, 0.05) is 31.9 Å². The Kier molecular flexibility index (Phi) is 7.27. The first-order valence-corrected chi connectivity index (χ1v) is 8.14. The third kappa shape index (κ3) is 6.61. The van der Waals surface area contributed by atoms with Crippen molar-refractivity contribution >= 4 is 5.91 Å². The number of rotatable bonds is 9. The summed E-state index contributed by atoms with van der Waals surface area (Å²) in [6, 6.07) is 14.5. The van der Waals surface area contributed by atoms with Crippen LogP contribution in [0.3, 0.4) is 0 Å². The Labute approximate surface area is 138 Å². The van der Waals surface area contributed by atoms with E-state index in [4.69, 9.17) is 4.74 Å². The van der Waals surface area contributed by atoms with Gasteiger partial charge in [-0.1, -0.05) is 30.3 Å². The molecule has 1 aromatic heterocycles. The van der Waals surface area contributed by atoms with Crippen LogP contribution >= 0.6 is 0 Å². The van der Waals surface area contributed by atoms with E-state index in [0.717, 1.165) is 19.4 Å². The normalized spacial score (nSPS) is 10.5. The van der Waals surface area contributed by atoms with E-state index in [1.165, 1.54) is 11.1 Å². The lowest BCUT2D eigenvalue weighted by molar-refractivity contribution is -0.684. The molecular formula is C19H25N2O2+. The van der Waals surface area contributed by atoms with Crippen LogP contribution in [0.1, 0.15) is 24.5 Å². The average Bonchev–Trinajstić information content (AvgIpc) is 2.57. The Morgan fingerprint density at radius 2 is 1.78 bits per heavy atom. The minimum absolute atomic E-state index is 0.0299. The smallest absolute Gasteiger partial charge is 0.285 e. The lowest BCUT2D eigenvalue weighted by atomic mass is 10.1. The van der Waals surface area contributed by atoms with Crippen molar-refractivity contribution in [3.05, 3.63) is 66.0 Å². The first-order chi connectivity index (χ1) is 11.3. The Hall–Kier alpha value is -2.20. The van der Waals surface area contributed by atoms with Crippen LogP contribution in [0, 0.1) is 0 Å². The molecule has 0 radical (unpaired) electrons. The zero-order chi connectivity index (χ0) is 16.3. The van der Waals surface area contributed by atoms with Crippen LogP contribution in [-0.4, -0.2) is 25.7 Å². The number of pyridine rings is 1. The molecule has 2 aromatic rings. The molecule has 0 aliphatic carbocycles. The first kappa shape index (κ1) is 17.2. The molecule has 4 heteroatoms. The molecule has 1 N–H and O–H groups in total. The van der Waals surface area contributed by atoms with Crippen LogP contribution in [0.15, 0.2) is 54.9 Å². The standard InChI is InChI=1S/C19H24N2O2/c1-2-23-14-6-11-20-19(22)16-21-12-9-18(10-13-21)15-17-7-4-3-5-8-17/h3-5,7-10,12-13H,2,6,11,14-16H2,1H3/p+1. The molecule has 0 spiro atoms. The maximum atomic E-state index is 11.8. The van der Waals surface area contributed by atoms with Crippen LogP contribution in [0.5, 0.6) is 0 Å². The van der Waals surface area contributed by atoms with Crippen molar-refractivity contribution in [1.82, 2.24) is 5.32 Å². The van der Waals surface area contributed by atoms with Gasteiger partial charge in [0.1, 0.15) is 0 Å². The van der Waals surface area contributed by atoms with Crippen molar-refractivity contribution in [1.29, 1.82) is 0 Å². The van der Waals surface area contributed by atoms with Crippen LogP contribution in [0.25, 0.3) is 0 Å². The van der Waals surface area contributed by atoms with E-state index in [1.54, 1.807) is 0 Å². The van der Waals surface area contributed by atoms with E-state index in [-0.39, 0.29) is 5.91 Å². The van der Waals surface area contributed by atoms with Gasteiger partial charge in [-0.05, 0) is 30.9 Å². The van der Waals surface area contributed by atoms with Gasteiger partial charge in [-0.15, -0.1) is 0 Å². The molecule has 1 aromatic carbocycles. The van der Waals surface area contributed by atoms with Gasteiger partial charge in [-0.3, -0.25) is 4.79 Å². The number of nitrogens with one attached hydrogen (secondary N) is 1. The maximum Gasteiger partial charge on any atom is 0.285 e. The lowest BCUT2D eigenvalue weighted by Gasteiger charge is -2.04. The summed E-state index contributed by atoms with van der Waals surface area (Å²) in [5.74, 6) is 0.0299. The summed E-state index contributed by atoms with van der Waals surface area (Å²) < 4.78 is 7.13. The van der Waals surface area contributed by atoms with Crippen molar-refractivity contribution in [3.8, 4) is 0 Å². The fraction of sp³-hybridized carbons (Fsp3) is 0.368. The number of benzene rings is 1. The highest BCUT2D eigenvalue weighted by molar-refractivity contribution is 5.74. The predicted molar refractivity (Wildman–Crippen MR) is 90.0 cm³/mol. The maximum absolute atomic E-state index is 11.8. The van der Waals surface area contributed by atoms with Crippen molar-refractivity contribution in [2.45, 2.75) is 26.3 Å². The molecule has 122 valence electrons. The summed E-state index contributed by atoms with van der Waals surface area (Å²) in [6.45, 7) is 4.39. The van der Waals surface area contributed by atoms with Crippen LogP contribution in [0.4, 0.5) is 0 Å². The molecule has 0 fully saturated rings. The summed E-state index contributed by atoms with van der Waals surface area (Å²) in [4.78, 5) is 11.8. The van der Waals surface area contributed by atoms with E-state index in [2.05, 4.69) is 29.6 Å². The number of hydrogen-bond donors (Lipinski definition) is 1. The quantitative estimate of drug-likeness (QED) is 0.569. The minimum atomic E-state index is 0.0299. The van der Waals surface area contributed by atoms with E-state index >= 15 is 0 Å². The Morgan fingerprint density at radius 3 is 2.48 bits per heavy atom. The van der Waals surface area contributed by atoms with E-state index < -0.39 is 0 Å². The zero-order valence-corrected chi connectivity index (χ0v) is 13.7. The SMILES string of the molecule is CCOCCCNC(=O)C[n+]1ccc(Cc2ccccc2)cc1. The summed E-state index contributed by atoms with van der Waals surface area (Å²) >= 11 is 0. The van der Waals surface area contributed by atoms with Crippen LogP contribution in [-0.2, 0) is 22.5 Å². The highest BCUT2D eigenvalue weighted by Crippen LogP contribution is 2.07. The molecule has 0 saturated carbocycles. The molecule has 0 aliphatic rings. The number of ether oxygens (including phenoxy) is 1. The predicted octanol–water partition coefficient (Wildman–Crippen LogP) is 2.11. The number of carbonyl (C=O) groups is 1. The Balaban J connectivity index is 1.75. The Bertz CT molecular complexity index is 582. The highest BCUT2D eigenvalue weighted by atomic mass is 16.5. The van der Waals surface area contributed by atoms with Gasteiger partial charge in [0.15, 0.2) is 12.4 Å². The molecule has 1 amide bonds. The molecule has 4 nitrogen and oxygen atoms in total. The number of carbonyl (C=O) groups excluding carboxylic acids is 1. The monoisotopic (exact) mass is 313 g/mol. The average molecular weight is 313 g/mol.